The van der Waals surface area contributed by atoms with Gasteiger partial charge in [0.25, 0.3) is 5.91 Å². The minimum absolute atomic E-state index is 0.0543. The number of amidine groups is 1. The van der Waals surface area contributed by atoms with Crippen LogP contribution in [-0.2, 0) is 4.79 Å². The molecule has 3 heterocycles. The van der Waals surface area contributed by atoms with Gasteiger partial charge in [-0.15, -0.1) is 0 Å². The number of rotatable bonds is 0. The highest BCUT2D eigenvalue weighted by Crippen LogP contribution is 2.30. The average molecular weight is 174 g/mol. The first-order valence-corrected chi connectivity index (χ1v) is 4.14. The summed E-state index contributed by atoms with van der Waals surface area (Å²) < 4.78 is 0.454. The lowest BCUT2D eigenvalue weighted by molar-refractivity contribution is -0.728. The fraction of sp³-hybridized carbons (Fsp3) is 0.111. The van der Waals surface area contributed by atoms with Crippen LogP contribution in [0, 0.1) is 0 Å². The molecule has 3 aliphatic heterocycles. The van der Waals surface area contributed by atoms with E-state index >= 15 is 0 Å². The molecule has 1 atom stereocenters. The lowest BCUT2D eigenvalue weighted by atomic mass is 10.3. The van der Waals surface area contributed by atoms with Gasteiger partial charge in [-0.05, 0) is 12.2 Å². The maximum atomic E-state index is 11.2. The Morgan fingerprint density at radius 3 is 3.31 bits per heavy atom. The minimum atomic E-state index is 0.0543. The van der Waals surface area contributed by atoms with Crippen LogP contribution in [0.15, 0.2) is 41.4 Å². The molecule has 1 N–H and O–H groups in total. The van der Waals surface area contributed by atoms with Gasteiger partial charge in [-0.1, -0.05) is 0 Å². The Morgan fingerprint density at radius 2 is 2.38 bits per heavy atom. The molecule has 1 fully saturated rings. The van der Waals surface area contributed by atoms with Crippen molar-refractivity contribution in [2.45, 2.75) is 0 Å². The first-order chi connectivity index (χ1) is 6.31. The van der Waals surface area contributed by atoms with Crippen LogP contribution in [0.3, 0.4) is 0 Å². The second kappa shape index (κ2) is 1.97. The van der Waals surface area contributed by atoms with Gasteiger partial charge in [-0.25, -0.2) is 0 Å². The highest BCUT2D eigenvalue weighted by Gasteiger charge is 2.48. The number of carbonyl (C=O) groups excluding carboxylic acids is 1. The van der Waals surface area contributed by atoms with Crippen molar-refractivity contribution in [3.8, 4) is 0 Å². The maximum absolute atomic E-state index is 11.2. The standard InChI is InChI=1S/C9H7N3O/c13-9-6-12-4-2-1-3-7(12)10-5-8(12)11-9/h1-5H,6H2/p+1. The maximum Gasteiger partial charge on any atom is 0.285 e. The molecule has 1 saturated heterocycles. The molecular formula is C9H8N3O+. The van der Waals surface area contributed by atoms with Crippen LogP contribution < -0.4 is 5.32 Å². The zero-order valence-corrected chi connectivity index (χ0v) is 6.90. The number of nitrogens with zero attached hydrogens (tertiary/aromatic N) is 2. The second-order valence-corrected chi connectivity index (χ2v) is 3.28. The van der Waals surface area contributed by atoms with Crippen molar-refractivity contribution >= 4 is 11.7 Å². The molecule has 0 radical (unpaired) electrons. The quantitative estimate of drug-likeness (QED) is 0.525. The average Bonchev–Trinajstić information content (AvgIpc) is 2.57. The predicted octanol–water partition coefficient (Wildman–Crippen LogP) is 0.228. The van der Waals surface area contributed by atoms with Crippen molar-refractivity contribution in [1.29, 1.82) is 0 Å². The van der Waals surface area contributed by atoms with Gasteiger partial charge in [0.1, 0.15) is 12.4 Å². The molecule has 0 saturated carbocycles. The van der Waals surface area contributed by atoms with Crippen LogP contribution >= 0.6 is 0 Å². The summed E-state index contributed by atoms with van der Waals surface area (Å²) in [6, 6.07) is 0. The van der Waals surface area contributed by atoms with Crippen LogP contribution in [0.5, 0.6) is 0 Å². The summed E-state index contributed by atoms with van der Waals surface area (Å²) in [5, 5.41) is 2.80. The smallest absolute Gasteiger partial charge is 0.274 e. The molecule has 3 aliphatic rings. The summed E-state index contributed by atoms with van der Waals surface area (Å²) in [6.45, 7) is 0.436. The highest BCUT2D eigenvalue weighted by atomic mass is 16.2. The molecule has 3 rings (SSSR count). The fourth-order valence-corrected chi connectivity index (χ4v) is 1.89. The largest absolute Gasteiger partial charge is 0.285 e. The Morgan fingerprint density at radius 1 is 1.46 bits per heavy atom. The summed E-state index contributed by atoms with van der Waals surface area (Å²) in [6.07, 6.45) is 9.51. The van der Waals surface area contributed by atoms with Crippen molar-refractivity contribution < 1.29 is 9.28 Å². The number of carbonyl (C=O) groups is 1. The molecular weight excluding hydrogens is 166 g/mol. The molecule has 64 valence electrons. The summed E-state index contributed by atoms with van der Waals surface area (Å²) in [7, 11) is 0. The Hall–Kier alpha value is -1.68. The Labute approximate surface area is 75.1 Å². The molecule has 0 aromatic carbocycles. The predicted molar refractivity (Wildman–Crippen MR) is 47.1 cm³/mol. The van der Waals surface area contributed by atoms with E-state index < -0.39 is 0 Å². The van der Waals surface area contributed by atoms with Gasteiger partial charge in [0, 0.05) is 6.08 Å². The lowest BCUT2D eigenvalue weighted by Gasteiger charge is -2.24. The van der Waals surface area contributed by atoms with Crippen molar-refractivity contribution in [1.82, 2.24) is 5.32 Å². The zero-order chi connectivity index (χ0) is 8.89. The van der Waals surface area contributed by atoms with E-state index in [1.807, 2.05) is 24.4 Å². The Kier molecular flexibility index (Phi) is 1.03. The molecule has 1 spiro atoms. The third kappa shape index (κ3) is 0.684. The van der Waals surface area contributed by atoms with Crippen LogP contribution in [0.25, 0.3) is 0 Å². The van der Waals surface area contributed by atoms with Crippen molar-refractivity contribution in [3.63, 3.8) is 0 Å². The van der Waals surface area contributed by atoms with E-state index in [0.717, 1.165) is 11.7 Å². The van der Waals surface area contributed by atoms with Crippen LogP contribution in [0.2, 0.25) is 0 Å². The molecule has 4 heteroatoms. The molecule has 0 aromatic heterocycles. The number of aliphatic imine (C=N–C) groups is 1. The molecule has 0 aromatic rings. The van der Waals surface area contributed by atoms with Crippen molar-refractivity contribution in [3.05, 3.63) is 36.4 Å². The SMILES string of the molecule is O=C1C[N+]23C=CC=CC2=NC=C3N1. The molecule has 13 heavy (non-hydrogen) atoms. The van der Waals surface area contributed by atoms with Gasteiger partial charge < -0.3 is 0 Å². The van der Waals surface area contributed by atoms with E-state index in [9.17, 15) is 4.79 Å². The lowest BCUT2D eigenvalue weighted by Crippen LogP contribution is -2.43. The Bertz CT molecular complexity index is 417. The fourth-order valence-electron chi connectivity index (χ4n) is 1.89. The number of allylic oxidation sites excluding steroid dienone is 2. The van der Waals surface area contributed by atoms with Gasteiger partial charge in [0.2, 0.25) is 11.7 Å². The summed E-state index contributed by atoms with van der Waals surface area (Å²) in [5.74, 6) is 1.83. The van der Waals surface area contributed by atoms with E-state index in [2.05, 4.69) is 10.3 Å². The van der Waals surface area contributed by atoms with E-state index in [-0.39, 0.29) is 5.91 Å². The summed E-state index contributed by atoms with van der Waals surface area (Å²) >= 11 is 0. The normalized spacial score (nSPS) is 33.7. The molecule has 0 bridgehead atoms. The minimum Gasteiger partial charge on any atom is -0.274 e. The first-order valence-electron chi connectivity index (χ1n) is 4.14. The molecule has 0 aliphatic carbocycles. The van der Waals surface area contributed by atoms with E-state index in [0.29, 0.717) is 11.0 Å². The van der Waals surface area contributed by atoms with E-state index in [1.54, 1.807) is 6.20 Å². The van der Waals surface area contributed by atoms with Gasteiger partial charge >= 0.3 is 0 Å². The summed E-state index contributed by atoms with van der Waals surface area (Å²) in [4.78, 5) is 15.5. The third-order valence-electron chi connectivity index (χ3n) is 2.52. The van der Waals surface area contributed by atoms with Crippen LogP contribution in [0.4, 0.5) is 0 Å². The van der Waals surface area contributed by atoms with Gasteiger partial charge in [-0.3, -0.25) is 10.1 Å². The third-order valence-corrected chi connectivity index (χ3v) is 2.52. The molecule has 1 unspecified atom stereocenters. The van der Waals surface area contributed by atoms with Crippen LogP contribution in [-0.4, -0.2) is 22.8 Å². The first kappa shape index (κ1) is 6.80. The van der Waals surface area contributed by atoms with Gasteiger partial charge in [0.15, 0.2) is 6.54 Å². The molecule has 4 nitrogen and oxygen atoms in total. The number of nitrogens with one attached hydrogen (secondary N) is 1. The van der Waals surface area contributed by atoms with E-state index in [4.69, 9.17) is 0 Å². The Balaban J connectivity index is 2.18. The summed E-state index contributed by atoms with van der Waals surface area (Å²) in [5.41, 5.74) is 0. The number of amides is 1. The topological polar surface area (TPSA) is 41.5 Å². The van der Waals surface area contributed by atoms with Gasteiger partial charge in [-0.2, -0.15) is 9.48 Å². The van der Waals surface area contributed by atoms with Gasteiger partial charge in [0.05, 0.1) is 0 Å². The molecule has 1 amide bonds. The van der Waals surface area contributed by atoms with Crippen molar-refractivity contribution in [2.75, 3.05) is 6.54 Å². The van der Waals surface area contributed by atoms with Crippen LogP contribution in [0.1, 0.15) is 0 Å². The second-order valence-electron chi connectivity index (χ2n) is 3.28. The number of quaternary nitrogens is 1. The highest BCUT2D eigenvalue weighted by molar-refractivity contribution is 5.95. The number of hydrogen-bond donors (Lipinski definition) is 1. The van der Waals surface area contributed by atoms with Crippen molar-refractivity contribution in [2.24, 2.45) is 4.99 Å². The number of hydrogen-bond acceptors (Lipinski definition) is 2. The van der Waals surface area contributed by atoms with E-state index in [1.165, 1.54) is 0 Å². The zero-order valence-electron chi connectivity index (χ0n) is 6.90. The monoisotopic (exact) mass is 174 g/mol.